The van der Waals surface area contributed by atoms with Gasteiger partial charge in [0.05, 0.1) is 5.52 Å². The number of hydrogen-bond donors (Lipinski definition) is 3. The minimum Gasteiger partial charge on any atom is -0.380 e. The van der Waals surface area contributed by atoms with Gasteiger partial charge in [-0.1, -0.05) is 18.2 Å². The molecule has 2 heterocycles. The Balaban J connectivity index is 2.04. The number of fused-ring (bicyclic) bond motifs is 1. The van der Waals surface area contributed by atoms with E-state index in [4.69, 9.17) is 0 Å². The third kappa shape index (κ3) is 2.03. The summed E-state index contributed by atoms with van der Waals surface area (Å²) >= 11 is 0. The molecule has 88 valence electrons. The Labute approximate surface area is 99.0 Å². The molecule has 1 atom stereocenters. The van der Waals surface area contributed by atoms with Crippen LogP contribution in [-0.4, -0.2) is 24.1 Å². The van der Waals surface area contributed by atoms with E-state index < -0.39 is 0 Å². The average Bonchev–Trinajstić information content (AvgIpc) is 2.81. The lowest BCUT2D eigenvalue weighted by molar-refractivity contribution is 0.794. The highest BCUT2D eigenvalue weighted by Gasteiger charge is 2.15. The Hall–Kier alpha value is -1.81. The quantitative estimate of drug-likeness (QED) is 0.727. The van der Waals surface area contributed by atoms with Crippen molar-refractivity contribution in [1.82, 2.24) is 10.3 Å². The Kier molecular flexibility index (Phi) is 2.57. The number of pyridine rings is 1. The molecule has 0 aliphatic carbocycles. The van der Waals surface area contributed by atoms with E-state index in [2.05, 4.69) is 15.6 Å². The van der Waals surface area contributed by atoms with Crippen LogP contribution in [0.25, 0.3) is 10.9 Å². The van der Waals surface area contributed by atoms with E-state index in [9.17, 15) is 4.79 Å². The summed E-state index contributed by atoms with van der Waals surface area (Å²) in [6, 6.07) is 9.92. The maximum Gasteiger partial charge on any atom is 0.250 e. The molecule has 1 fully saturated rings. The monoisotopic (exact) mass is 229 g/mol. The maximum absolute atomic E-state index is 11.6. The summed E-state index contributed by atoms with van der Waals surface area (Å²) in [5.41, 5.74) is 1.75. The van der Waals surface area contributed by atoms with Gasteiger partial charge in [0.1, 0.15) is 0 Å². The first-order valence-corrected chi connectivity index (χ1v) is 5.92. The minimum absolute atomic E-state index is 0.0582. The highest BCUT2D eigenvalue weighted by Crippen LogP contribution is 2.20. The van der Waals surface area contributed by atoms with Gasteiger partial charge in [0, 0.05) is 29.7 Å². The molecule has 1 aromatic carbocycles. The van der Waals surface area contributed by atoms with Crippen LogP contribution in [0.4, 0.5) is 5.69 Å². The summed E-state index contributed by atoms with van der Waals surface area (Å²) in [6.07, 6.45) is 1.10. The zero-order chi connectivity index (χ0) is 11.7. The highest BCUT2D eigenvalue weighted by atomic mass is 16.1. The Morgan fingerprint density at radius 2 is 2.18 bits per heavy atom. The number of anilines is 1. The zero-order valence-corrected chi connectivity index (χ0v) is 9.49. The van der Waals surface area contributed by atoms with Crippen molar-refractivity contribution < 1.29 is 0 Å². The summed E-state index contributed by atoms with van der Waals surface area (Å²) in [5.74, 6) is 0. The molecule has 0 radical (unpaired) electrons. The Bertz CT molecular complexity index is 584. The van der Waals surface area contributed by atoms with Gasteiger partial charge in [-0.2, -0.15) is 0 Å². The van der Waals surface area contributed by atoms with E-state index in [0.29, 0.717) is 6.04 Å². The normalized spacial score (nSPS) is 19.6. The minimum atomic E-state index is -0.0582. The van der Waals surface area contributed by atoms with Crippen molar-refractivity contribution in [2.45, 2.75) is 12.5 Å². The van der Waals surface area contributed by atoms with Gasteiger partial charge < -0.3 is 15.6 Å². The van der Waals surface area contributed by atoms with Crippen molar-refractivity contribution in [2.24, 2.45) is 0 Å². The van der Waals surface area contributed by atoms with E-state index >= 15 is 0 Å². The number of aromatic amines is 1. The van der Waals surface area contributed by atoms with E-state index in [1.54, 1.807) is 6.07 Å². The molecule has 3 rings (SSSR count). The van der Waals surface area contributed by atoms with Crippen molar-refractivity contribution in [3.63, 3.8) is 0 Å². The molecular formula is C13H15N3O. The molecule has 0 bridgehead atoms. The molecule has 2 aromatic rings. The molecule has 0 saturated carbocycles. The van der Waals surface area contributed by atoms with Crippen LogP contribution in [0.1, 0.15) is 6.42 Å². The molecule has 1 aromatic heterocycles. The summed E-state index contributed by atoms with van der Waals surface area (Å²) in [5, 5.41) is 7.82. The molecule has 0 unspecified atom stereocenters. The van der Waals surface area contributed by atoms with Crippen LogP contribution < -0.4 is 16.2 Å². The number of nitrogens with one attached hydrogen (secondary N) is 3. The number of rotatable bonds is 2. The lowest BCUT2D eigenvalue weighted by atomic mass is 10.1. The first-order valence-electron chi connectivity index (χ1n) is 5.92. The molecule has 3 N–H and O–H groups in total. The van der Waals surface area contributed by atoms with E-state index in [1.807, 2.05) is 24.3 Å². The van der Waals surface area contributed by atoms with Crippen molar-refractivity contribution in [3.05, 3.63) is 40.7 Å². The summed E-state index contributed by atoms with van der Waals surface area (Å²) < 4.78 is 0. The van der Waals surface area contributed by atoms with Crippen molar-refractivity contribution in [3.8, 4) is 0 Å². The van der Waals surface area contributed by atoms with Crippen molar-refractivity contribution in [1.29, 1.82) is 0 Å². The van der Waals surface area contributed by atoms with Crippen molar-refractivity contribution in [2.75, 3.05) is 18.4 Å². The predicted molar refractivity (Wildman–Crippen MR) is 69.5 cm³/mol. The van der Waals surface area contributed by atoms with Gasteiger partial charge >= 0.3 is 0 Å². The standard InChI is InChI=1S/C13H15N3O/c17-13-7-12(15-9-5-6-14-8-9)10-3-1-2-4-11(10)16-13/h1-4,7,9,14H,5-6,8H2,(H2,15,16,17)/t9-/m0/s1. The molecule has 1 saturated heterocycles. The second kappa shape index (κ2) is 4.22. The van der Waals surface area contributed by atoms with Crippen molar-refractivity contribution >= 4 is 16.6 Å². The van der Waals surface area contributed by atoms with E-state index in [0.717, 1.165) is 36.1 Å². The first-order chi connectivity index (χ1) is 8.33. The van der Waals surface area contributed by atoms with Crippen LogP contribution in [0.2, 0.25) is 0 Å². The Morgan fingerprint density at radius 1 is 1.29 bits per heavy atom. The SMILES string of the molecule is O=c1cc(N[C@H]2CCNC2)c2ccccc2[nH]1. The summed E-state index contributed by atoms with van der Waals surface area (Å²) in [7, 11) is 0. The number of benzene rings is 1. The predicted octanol–water partition coefficient (Wildman–Crippen LogP) is 1.30. The van der Waals surface area contributed by atoms with Crippen LogP contribution >= 0.6 is 0 Å². The van der Waals surface area contributed by atoms with Crippen LogP contribution in [0.3, 0.4) is 0 Å². The molecule has 4 heteroatoms. The maximum atomic E-state index is 11.6. The molecule has 0 spiro atoms. The second-order valence-corrected chi connectivity index (χ2v) is 4.43. The number of hydrogen-bond acceptors (Lipinski definition) is 3. The molecule has 4 nitrogen and oxygen atoms in total. The summed E-state index contributed by atoms with van der Waals surface area (Å²) in [6.45, 7) is 2.00. The van der Waals surface area contributed by atoms with Gasteiger partial charge in [-0.3, -0.25) is 4.79 Å². The topological polar surface area (TPSA) is 56.9 Å². The lowest BCUT2D eigenvalue weighted by Crippen LogP contribution is -2.23. The van der Waals surface area contributed by atoms with Gasteiger partial charge in [0.25, 0.3) is 0 Å². The third-order valence-corrected chi connectivity index (χ3v) is 3.17. The van der Waals surface area contributed by atoms with Crippen LogP contribution in [-0.2, 0) is 0 Å². The largest absolute Gasteiger partial charge is 0.380 e. The smallest absolute Gasteiger partial charge is 0.250 e. The van der Waals surface area contributed by atoms with Gasteiger partial charge in [-0.05, 0) is 19.0 Å². The fourth-order valence-corrected chi connectivity index (χ4v) is 2.32. The molecule has 1 aliphatic heterocycles. The van der Waals surface area contributed by atoms with Crippen LogP contribution in [0, 0.1) is 0 Å². The molecule has 1 aliphatic rings. The zero-order valence-electron chi connectivity index (χ0n) is 9.49. The molecule has 0 amide bonds. The average molecular weight is 229 g/mol. The van der Waals surface area contributed by atoms with E-state index in [1.165, 1.54) is 0 Å². The fourth-order valence-electron chi connectivity index (χ4n) is 2.32. The molecular weight excluding hydrogens is 214 g/mol. The van der Waals surface area contributed by atoms with Gasteiger partial charge in [0.15, 0.2) is 0 Å². The number of para-hydroxylation sites is 1. The fraction of sp³-hybridized carbons (Fsp3) is 0.308. The Morgan fingerprint density at radius 3 is 3.00 bits per heavy atom. The highest BCUT2D eigenvalue weighted by molar-refractivity contribution is 5.90. The van der Waals surface area contributed by atoms with Gasteiger partial charge in [-0.25, -0.2) is 0 Å². The lowest BCUT2D eigenvalue weighted by Gasteiger charge is -2.14. The van der Waals surface area contributed by atoms with E-state index in [-0.39, 0.29) is 5.56 Å². The molecule has 17 heavy (non-hydrogen) atoms. The van der Waals surface area contributed by atoms with Crippen LogP contribution in [0.5, 0.6) is 0 Å². The van der Waals surface area contributed by atoms with Crippen LogP contribution in [0.15, 0.2) is 35.1 Å². The van der Waals surface area contributed by atoms with Gasteiger partial charge in [-0.15, -0.1) is 0 Å². The second-order valence-electron chi connectivity index (χ2n) is 4.43. The first kappa shape index (κ1) is 10.4. The number of aromatic nitrogens is 1. The number of H-pyrrole nitrogens is 1. The van der Waals surface area contributed by atoms with Gasteiger partial charge in [0.2, 0.25) is 5.56 Å². The summed E-state index contributed by atoms with van der Waals surface area (Å²) in [4.78, 5) is 14.4. The third-order valence-electron chi connectivity index (χ3n) is 3.17.